The van der Waals surface area contributed by atoms with Crippen LogP contribution in [0.5, 0.6) is 5.75 Å². The summed E-state index contributed by atoms with van der Waals surface area (Å²) in [6.45, 7) is 2.47. The van der Waals surface area contributed by atoms with Crippen molar-refractivity contribution in [1.82, 2.24) is 0 Å². The predicted molar refractivity (Wildman–Crippen MR) is 106 cm³/mol. The number of nitrogen functional groups attached to an aromatic ring is 1. The molecule has 1 saturated heterocycles. The molecular formula is C20H24N4O3. The van der Waals surface area contributed by atoms with Gasteiger partial charge in [0.05, 0.1) is 19.5 Å². The molecule has 7 heteroatoms. The molecule has 4 N–H and O–H groups in total. The Bertz CT molecular complexity index is 836. The lowest BCUT2D eigenvalue weighted by atomic mass is 10.1. The lowest BCUT2D eigenvalue weighted by Gasteiger charge is -2.23. The van der Waals surface area contributed by atoms with Crippen molar-refractivity contribution in [2.45, 2.75) is 12.8 Å². The molecule has 0 unspecified atom stereocenters. The van der Waals surface area contributed by atoms with Crippen LogP contribution < -0.4 is 20.3 Å². The number of aryl methyl sites for hydroxylation is 1. The maximum atomic E-state index is 10.7. The van der Waals surface area contributed by atoms with E-state index >= 15 is 0 Å². The SMILES string of the molecule is COc1cc(C(=N)N)ccc1N1CCN(c2ccc(CCC(=O)O)cc2)C1. The van der Waals surface area contributed by atoms with E-state index in [1.165, 1.54) is 0 Å². The Morgan fingerprint density at radius 3 is 2.52 bits per heavy atom. The molecule has 0 atom stereocenters. The molecule has 142 valence electrons. The van der Waals surface area contributed by atoms with Gasteiger partial charge >= 0.3 is 5.97 Å². The molecule has 0 bridgehead atoms. The van der Waals surface area contributed by atoms with Gasteiger partial charge in [-0.05, 0) is 42.3 Å². The molecule has 0 aromatic heterocycles. The minimum absolute atomic E-state index is 0.0193. The second kappa shape index (κ2) is 7.99. The Balaban J connectivity index is 1.70. The molecule has 1 heterocycles. The van der Waals surface area contributed by atoms with Gasteiger partial charge in [0, 0.05) is 30.8 Å². The second-order valence-electron chi connectivity index (χ2n) is 6.53. The van der Waals surface area contributed by atoms with E-state index in [2.05, 4.69) is 9.80 Å². The van der Waals surface area contributed by atoms with Gasteiger partial charge in [0.2, 0.25) is 0 Å². The minimum atomic E-state index is -0.779. The smallest absolute Gasteiger partial charge is 0.303 e. The maximum absolute atomic E-state index is 10.7. The van der Waals surface area contributed by atoms with Gasteiger partial charge < -0.3 is 25.4 Å². The van der Waals surface area contributed by atoms with Crippen LogP contribution in [0.3, 0.4) is 0 Å². The molecule has 0 aliphatic carbocycles. The average Bonchev–Trinajstić information content (AvgIpc) is 3.16. The number of amidine groups is 1. The van der Waals surface area contributed by atoms with Gasteiger partial charge in [-0.3, -0.25) is 10.2 Å². The lowest BCUT2D eigenvalue weighted by Crippen LogP contribution is -2.25. The number of nitrogens with two attached hydrogens (primary N) is 1. The van der Waals surface area contributed by atoms with Crippen molar-refractivity contribution in [3.63, 3.8) is 0 Å². The van der Waals surface area contributed by atoms with Crippen LogP contribution in [0.1, 0.15) is 17.5 Å². The highest BCUT2D eigenvalue weighted by Crippen LogP contribution is 2.32. The van der Waals surface area contributed by atoms with Crippen LogP contribution in [0.15, 0.2) is 42.5 Å². The molecule has 1 aliphatic rings. The van der Waals surface area contributed by atoms with E-state index < -0.39 is 5.97 Å². The first-order chi connectivity index (χ1) is 13.0. The van der Waals surface area contributed by atoms with Gasteiger partial charge in [-0.15, -0.1) is 0 Å². The molecule has 1 fully saturated rings. The molecule has 7 nitrogen and oxygen atoms in total. The first-order valence-corrected chi connectivity index (χ1v) is 8.81. The summed E-state index contributed by atoms with van der Waals surface area (Å²) in [6.07, 6.45) is 0.689. The van der Waals surface area contributed by atoms with Crippen molar-refractivity contribution in [3.05, 3.63) is 53.6 Å². The molecule has 1 aliphatic heterocycles. The fourth-order valence-corrected chi connectivity index (χ4v) is 3.23. The predicted octanol–water partition coefficient (Wildman–Crippen LogP) is 2.28. The molecule has 0 amide bonds. The normalized spacial score (nSPS) is 13.7. The molecule has 0 spiro atoms. The zero-order valence-corrected chi connectivity index (χ0v) is 15.3. The topological polar surface area (TPSA) is 103 Å². The van der Waals surface area contributed by atoms with E-state index in [0.717, 1.165) is 36.7 Å². The molecule has 27 heavy (non-hydrogen) atoms. The Labute approximate surface area is 158 Å². The zero-order chi connectivity index (χ0) is 19.4. The molecule has 0 saturated carbocycles. The van der Waals surface area contributed by atoms with Crippen molar-refractivity contribution in [1.29, 1.82) is 5.41 Å². The lowest BCUT2D eigenvalue weighted by molar-refractivity contribution is -0.136. The highest BCUT2D eigenvalue weighted by Gasteiger charge is 2.23. The van der Waals surface area contributed by atoms with Crippen LogP contribution in [0.2, 0.25) is 0 Å². The van der Waals surface area contributed by atoms with E-state index in [1.54, 1.807) is 13.2 Å². The number of carboxylic acids is 1. The summed E-state index contributed by atoms with van der Waals surface area (Å²) >= 11 is 0. The van der Waals surface area contributed by atoms with E-state index in [1.807, 2.05) is 36.4 Å². The summed E-state index contributed by atoms with van der Waals surface area (Å²) in [5.41, 5.74) is 9.31. The summed E-state index contributed by atoms with van der Waals surface area (Å²) < 4.78 is 5.49. The van der Waals surface area contributed by atoms with Gasteiger partial charge in [-0.25, -0.2) is 0 Å². The summed E-state index contributed by atoms with van der Waals surface area (Å²) in [6, 6.07) is 13.6. The summed E-state index contributed by atoms with van der Waals surface area (Å²) in [7, 11) is 1.62. The Morgan fingerprint density at radius 2 is 1.89 bits per heavy atom. The summed E-state index contributed by atoms with van der Waals surface area (Å²) in [5.74, 6) is -0.0570. The van der Waals surface area contributed by atoms with Crippen LogP contribution in [0, 0.1) is 5.41 Å². The maximum Gasteiger partial charge on any atom is 0.303 e. The Morgan fingerprint density at radius 1 is 1.19 bits per heavy atom. The number of rotatable bonds is 7. The number of aliphatic carboxylic acids is 1. The molecule has 2 aromatic rings. The van der Waals surface area contributed by atoms with Gasteiger partial charge in [-0.2, -0.15) is 0 Å². The van der Waals surface area contributed by atoms with Gasteiger partial charge in [0.1, 0.15) is 11.6 Å². The molecule has 3 rings (SSSR count). The second-order valence-corrected chi connectivity index (χ2v) is 6.53. The van der Waals surface area contributed by atoms with Crippen LogP contribution >= 0.6 is 0 Å². The summed E-state index contributed by atoms with van der Waals surface area (Å²) in [4.78, 5) is 15.2. The van der Waals surface area contributed by atoms with Gasteiger partial charge in [0.15, 0.2) is 0 Å². The van der Waals surface area contributed by atoms with Crippen molar-refractivity contribution in [2.75, 3.05) is 36.7 Å². The average molecular weight is 368 g/mol. The molecular weight excluding hydrogens is 344 g/mol. The Hall–Kier alpha value is -3.22. The van der Waals surface area contributed by atoms with Crippen LogP contribution in [-0.2, 0) is 11.2 Å². The fraction of sp³-hybridized carbons (Fsp3) is 0.300. The number of carboxylic acid groups (broad SMARTS) is 1. The van der Waals surface area contributed by atoms with E-state index in [-0.39, 0.29) is 12.3 Å². The standard InChI is InChI=1S/C20H24N4O3/c1-27-18-12-15(20(21)22)5-8-17(18)24-11-10-23(13-24)16-6-2-14(3-7-16)4-9-19(25)26/h2-3,5-8,12H,4,9-11,13H2,1H3,(H3,21,22)(H,25,26). The zero-order valence-electron chi connectivity index (χ0n) is 15.3. The van der Waals surface area contributed by atoms with E-state index in [4.69, 9.17) is 21.0 Å². The number of benzene rings is 2. The largest absolute Gasteiger partial charge is 0.495 e. The van der Waals surface area contributed by atoms with Crippen LogP contribution in [0.4, 0.5) is 11.4 Å². The number of hydrogen-bond donors (Lipinski definition) is 3. The number of nitrogens with one attached hydrogen (secondary N) is 1. The van der Waals surface area contributed by atoms with Crippen LogP contribution in [0.25, 0.3) is 0 Å². The van der Waals surface area contributed by atoms with Crippen molar-refractivity contribution >= 4 is 23.2 Å². The molecule has 2 aromatic carbocycles. The third kappa shape index (κ3) is 4.31. The number of ether oxygens (including phenoxy) is 1. The fourth-order valence-electron chi connectivity index (χ4n) is 3.23. The van der Waals surface area contributed by atoms with Crippen molar-refractivity contribution in [2.24, 2.45) is 5.73 Å². The summed E-state index contributed by atoms with van der Waals surface area (Å²) in [5, 5.41) is 16.4. The monoisotopic (exact) mass is 368 g/mol. The van der Waals surface area contributed by atoms with Gasteiger partial charge in [-0.1, -0.05) is 12.1 Å². The van der Waals surface area contributed by atoms with Crippen LogP contribution in [-0.4, -0.2) is 43.8 Å². The molecule has 0 radical (unpaired) electrons. The van der Waals surface area contributed by atoms with E-state index in [0.29, 0.717) is 17.7 Å². The number of methoxy groups -OCH3 is 1. The number of nitrogens with zero attached hydrogens (tertiary/aromatic N) is 2. The quantitative estimate of drug-likeness (QED) is 0.512. The third-order valence-electron chi connectivity index (χ3n) is 4.74. The van der Waals surface area contributed by atoms with Crippen molar-refractivity contribution in [3.8, 4) is 5.75 Å². The van der Waals surface area contributed by atoms with Crippen molar-refractivity contribution < 1.29 is 14.6 Å². The number of carbonyl (C=O) groups is 1. The first-order valence-electron chi connectivity index (χ1n) is 8.81. The number of hydrogen-bond acceptors (Lipinski definition) is 5. The van der Waals surface area contributed by atoms with Gasteiger partial charge in [0.25, 0.3) is 0 Å². The highest BCUT2D eigenvalue weighted by molar-refractivity contribution is 5.96. The number of anilines is 2. The minimum Gasteiger partial charge on any atom is -0.495 e. The Kier molecular flexibility index (Phi) is 5.49. The van der Waals surface area contributed by atoms with E-state index in [9.17, 15) is 4.79 Å². The first kappa shape index (κ1) is 18.6. The third-order valence-corrected chi connectivity index (χ3v) is 4.74. The highest BCUT2D eigenvalue weighted by atomic mass is 16.5.